The summed E-state index contributed by atoms with van der Waals surface area (Å²) < 4.78 is 1.73. The number of rotatable bonds is 2. The fourth-order valence-corrected chi connectivity index (χ4v) is 6.60. The number of hydrogen-bond acceptors (Lipinski definition) is 0. The summed E-state index contributed by atoms with van der Waals surface area (Å²) in [5, 5.41) is 10.2. The zero-order chi connectivity index (χ0) is 13.5. The van der Waals surface area contributed by atoms with Crippen LogP contribution in [-0.4, -0.2) is 0 Å². The van der Waals surface area contributed by atoms with Crippen molar-refractivity contribution in [1.82, 2.24) is 0 Å². The van der Waals surface area contributed by atoms with Crippen molar-refractivity contribution in [2.24, 2.45) is 0 Å². The topological polar surface area (TPSA) is 0 Å². The standard InChI is InChI=1S/C15H11.3CH3.Pt/c1-2-7-12(6-1)15-11-5-9-13-8-3-4-10-14(13)15;;;;/h1,3-6,8-11H,2H2;3*1H3;. The molecule has 0 unspecified atom stereocenters. The normalized spacial score (nSPS) is 16.4. The molecule has 0 radical (unpaired) electrons. The van der Waals surface area contributed by atoms with Gasteiger partial charge in [0, 0.05) is 0 Å². The fraction of sp³-hybridized carbons (Fsp3) is 0.222. The average molecular weight is 431 g/mol. The molecule has 0 spiro atoms. The molecule has 0 saturated heterocycles. The Balaban J connectivity index is 2.27. The molecule has 102 valence electrons. The third kappa shape index (κ3) is 2.35. The van der Waals surface area contributed by atoms with Gasteiger partial charge in [0.2, 0.25) is 0 Å². The van der Waals surface area contributed by atoms with E-state index in [0.717, 1.165) is 0 Å². The van der Waals surface area contributed by atoms with Gasteiger partial charge in [0.05, 0.1) is 0 Å². The molecule has 0 heterocycles. The Morgan fingerprint density at radius 3 is 2.42 bits per heavy atom. The minimum absolute atomic E-state index is 1.17. The number of allylic oxidation sites excluding steroid dienone is 4. The van der Waals surface area contributed by atoms with Gasteiger partial charge in [0.25, 0.3) is 0 Å². The molecule has 0 bridgehead atoms. The summed E-state index contributed by atoms with van der Waals surface area (Å²) in [6.45, 7) is 0. The first-order chi connectivity index (χ1) is 9.07. The third-order valence-corrected chi connectivity index (χ3v) is 8.69. The van der Waals surface area contributed by atoms with Crippen molar-refractivity contribution in [1.29, 1.82) is 0 Å². The van der Waals surface area contributed by atoms with Crippen LogP contribution in [0.3, 0.4) is 0 Å². The Morgan fingerprint density at radius 2 is 1.63 bits per heavy atom. The van der Waals surface area contributed by atoms with Crippen molar-refractivity contribution in [3.8, 4) is 0 Å². The van der Waals surface area contributed by atoms with Crippen molar-refractivity contribution >= 4 is 16.3 Å². The van der Waals surface area contributed by atoms with E-state index in [-0.39, 0.29) is 0 Å². The summed E-state index contributed by atoms with van der Waals surface area (Å²) in [6, 6.07) is 15.4. The maximum atomic E-state index is 2.49. The van der Waals surface area contributed by atoms with E-state index in [1.165, 1.54) is 28.3 Å². The van der Waals surface area contributed by atoms with E-state index in [1.807, 2.05) is 0 Å². The van der Waals surface area contributed by atoms with E-state index in [4.69, 9.17) is 0 Å². The Morgan fingerprint density at radius 1 is 0.895 bits per heavy atom. The van der Waals surface area contributed by atoms with E-state index in [9.17, 15) is 0 Å². The van der Waals surface area contributed by atoms with Crippen LogP contribution in [0.1, 0.15) is 12.0 Å². The Labute approximate surface area is 119 Å². The summed E-state index contributed by atoms with van der Waals surface area (Å²) in [6.07, 6.45) is 5.84. The second kappa shape index (κ2) is 4.76. The van der Waals surface area contributed by atoms with Crippen LogP contribution in [0.25, 0.3) is 16.3 Å². The molecule has 1 heteroatoms. The van der Waals surface area contributed by atoms with Gasteiger partial charge in [-0.15, -0.1) is 0 Å². The van der Waals surface area contributed by atoms with Gasteiger partial charge >= 0.3 is 119 Å². The first-order valence-electron chi connectivity index (χ1n) is 6.31. The van der Waals surface area contributed by atoms with Crippen LogP contribution in [0.4, 0.5) is 0 Å². The minimum atomic E-state index is -1.68. The van der Waals surface area contributed by atoms with Crippen molar-refractivity contribution < 1.29 is 16.1 Å². The summed E-state index contributed by atoms with van der Waals surface area (Å²) in [7, 11) is 0. The van der Waals surface area contributed by atoms with E-state index >= 15 is 0 Å². The van der Waals surface area contributed by atoms with Crippen LogP contribution in [0, 0.1) is 0 Å². The molecule has 0 N–H and O–H groups in total. The van der Waals surface area contributed by atoms with Gasteiger partial charge < -0.3 is 0 Å². The molecule has 19 heavy (non-hydrogen) atoms. The monoisotopic (exact) mass is 431 g/mol. The van der Waals surface area contributed by atoms with Crippen molar-refractivity contribution in [2.75, 3.05) is 0 Å². The molecule has 0 amide bonds. The Hall–Kier alpha value is -1.13. The van der Waals surface area contributed by atoms with E-state index in [0.29, 0.717) is 0 Å². The van der Waals surface area contributed by atoms with Crippen LogP contribution < -0.4 is 0 Å². The van der Waals surface area contributed by atoms with E-state index in [2.05, 4.69) is 70.6 Å². The first kappa shape index (κ1) is 12.9. The van der Waals surface area contributed by atoms with E-state index in [1.54, 1.807) is 3.96 Å². The summed E-state index contributed by atoms with van der Waals surface area (Å²) in [5.41, 5.74) is 2.92. The number of benzene rings is 2. The molecular formula is C18H20Pt. The van der Waals surface area contributed by atoms with Crippen molar-refractivity contribution in [3.05, 3.63) is 64.1 Å². The fourth-order valence-electron chi connectivity index (χ4n) is 2.61. The quantitative estimate of drug-likeness (QED) is 0.563. The van der Waals surface area contributed by atoms with Crippen LogP contribution in [-0.2, 0) is 16.1 Å². The van der Waals surface area contributed by atoms with E-state index < -0.39 is 16.1 Å². The predicted molar refractivity (Wildman–Crippen MR) is 82.2 cm³/mol. The molecule has 2 aromatic rings. The second-order valence-electron chi connectivity index (χ2n) is 5.34. The van der Waals surface area contributed by atoms with Crippen LogP contribution in [0.5, 0.6) is 0 Å². The summed E-state index contributed by atoms with van der Waals surface area (Å²) in [5.74, 6) is 0. The molecule has 0 saturated carbocycles. The first-order valence-corrected chi connectivity index (χ1v) is 14.3. The van der Waals surface area contributed by atoms with Gasteiger partial charge in [-0.2, -0.15) is 0 Å². The molecule has 0 aromatic heterocycles. The molecule has 0 aliphatic heterocycles. The zero-order valence-corrected chi connectivity index (χ0v) is 14.0. The third-order valence-electron chi connectivity index (χ3n) is 3.50. The molecule has 0 nitrogen and oxygen atoms in total. The van der Waals surface area contributed by atoms with Gasteiger partial charge in [0.1, 0.15) is 0 Å². The molecule has 1 aliphatic rings. The van der Waals surface area contributed by atoms with Crippen molar-refractivity contribution in [3.63, 3.8) is 0 Å². The second-order valence-corrected chi connectivity index (χ2v) is 16.9. The summed E-state index contributed by atoms with van der Waals surface area (Å²) >= 11 is -1.68. The van der Waals surface area contributed by atoms with Gasteiger partial charge in [-0.1, -0.05) is 0 Å². The predicted octanol–water partition coefficient (Wildman–Crippen LogP) is 5.81. The van der Waals surface area contributed by atoms with Crippen LogP contribution in [0.15, 0.2) is 58.6 Å². The number of hydrogen-bond donors (Lipinski definition) is 0. The van der Waals surface area contributed by atoms with Crippen LogP contribution in [0.2, 0.25) is 15.9 Å². The molecule has 3 rings (SSSR count). The SMILES string of the molecule is [CH3][Pt]([CH3])([CH3])[C]1=C(c2cccc3ccccc23)C=CC1. The molecule has 0 atom stereocenters. The zero-order valence-electron chi connectivity index (χ0n) is 11.7. The Kier molecular flexibility index (Phi) is 3.23. The van der Waals surface area contributed by atoms with Crippen molar-refractivity contribution in [2.45, 2.75) is 22.4 Å². The van der Waals surface area contributed by atoms with Crippen LogP contribution >= 0.6 is 0 Å². The molecule has 1 aliphatic carbocycles. The molecule has 0 fully saturated rings. The Bertz CT molecular complexity index is 679. The molecular weight excluding hydrogens is 411 g/mol. The average Bonchev–Trinajstić information content (AvgIpc) is 2.87. The van der Waals surface area contributed by atoms with Gasteiger partial charge in [0.15, 0.2) is 0 Å². The van der Waals surface area contributed by atoms with Gasteiger partial charge in [-0.05, 0) is 0 Å². The molecule has 2 aromatic carbocycles. The number of fused-ring (bicyclic) bond motifs is 1. The summed E-state index contributed by atoms with van der Waals surface area (Å²) in [4.78, 5) is 0. The van der Waals surface area contributed by atoms with Gasteiger partial charge in [-0.25, -0.2) is 0 Å². The maximum absolute atomic E-state index is 2.49. The van der Waals surface area contributed by atoms with Gasteiger partial charge in [-0.3, -0.25) is 0 Å².